The minimum absolute atomic E-state index is 0.152. The van der Waals surface area contributed by atoms with Crippen LogP contribution in [-0.4, -0.2) is 56.2 Å². The Labute approximate surface area is 158 Å². The molecule has 0 spiro atoms. The topological polar surface area (TPSA) is 93.1 Å². The number of imidazole rings is 1. The number of carbonyl (C=O) groups excluding carboxylic acids is 2. The maximum absolute atomic E-state index is 12.8. The lowest BCUT2D eigenvalue weighted by atomic mass is 9.98. The zero-order valence-corrected chi connectivity index (χ0v) is 16.1. The van der Waals surface area contributed by atoms with Crippen molar-refractivity contribution in [2.24, 2.45) is 5.92 Å². The van der Waals surface area contributed by atoms with Gasteiger partial charge in [-0.25, -0.2) is 4.98 Å². The molecule has 1 atom stereocenters. The lowest BCUT2D eigenvalue weighted by Crippen LogP contribution is -2.43. The monoisotopic (exact) mass is 373 g/mol. The van der Waals surface area contributed by atoms with E-state index in [4.69, 9.17) is 4.74 Å². The van der Waals surface area contributed by atoms with Crippen LogP contribution in [0.4, 0.5) is 0 Å². The molecule has 1 N–H and O–H groups in total. The summed E-state index contributed by atoms with van der Waals surface area (Å²) in [6.45, 7) is 7.95. The SMILES string of the molecule is CCOC(=O)[C@@H]1CCCN(C(=O)c2cc(Cn3ccnc3C(C)C)[nH]n2)C1. The van der Waals surface area contributed by atoms with Crippen molar-refractivity contribution in [1.82, 2.24) is 24.6 Å². The molecule has 146 valence electrons. The van der Waals surface area contributed by atoms with Gasteiger partial charge in [0.25, 0.3) is 5.91 Å². The number of amides is 1. The predicted octanol–water partition coefficient (Wildman–Crippen LogP) is 2.19. The summed E-state index contributed by atoms with van der Waals surface area (Å²) >= 11 is 0. The second-order valence-corrected chi connectivity index (χ2v) is 7.19. The van der Waals surface area contributed by atoms with Crippen molar-refractivity contribution in [3.8, 4) is 0 Å². The molecule has 8 nitrogen and oxygen atoms in total. The normalized spacial score (nSPS) is 17.3. The van der Waals surface area contributed by atoms with E-state index in [9.17, 15) is 9.59 Å². The fourth-order valence-corrected chi connectivity index (χ4v) is 3.47. The van der Waals surface area contributed by atoms with E-state index in [1.54, 1.807) is 24.1 Å². The highest BCUT2D eigenvalue weighted by atomic mass is 16.5. The Hall–Kier alpha value is -2.64. The molecule has 2 aromatic rings. The molecule has 0 unspecified atom stereocenters. The molecule has 0 aliphatic carbocycles. The Kier molecular flexibility index (Phi) is 5.93. The van der Waals surface area contributed by atoms with Gasteiger partial charge in [-0.05, 0) is 25.8 Å². The minimum atomic E-state index is -0.249. The number of nitrogens with one attached hydrogen (secondary N) is 1. The number of carbonyl (C=O) groups is 2. The van der Waals surface area contributed by atoms with Crippen molar-refractivity contribution in [2.45, 2.75) is 46.1 Å². The lowest BCUT2D eigenvalue weighted by molar-refractivity contribution is -0.149. The molecule has 1 amide bonds. The van der Waals surface area contributed by atoms with Crippen LogP contribution in [0.1, 0.15) is 61.5 Å². The van der Waals surface area contributed by atoms with E-state index in [1.165, 1.54) is 0 Å². The van der Waals surface area contributed by atoms with E-state index in [0.717, 1.165) is 24.4 Å². The number of nitrogens with zero attached hydrogens (tertiary/aromatic N) is 4. The maximum atomic E-state index is 12.8. The third kappa shape index (κ3) is 4.37. The van der Waals surface area contributed by atoms with Crippen molar-refractivity contribution in [3.05, 3.63) is 35.7 Å². The van der Waals surface area contributed by atoms with Gasteiger partial charge in [0.2, 0.25) is 0 Å². The number of hydrogen-bond acceptors (Lipinski definition) is 5. The molecule has 1 aliphatic rings. The molecule has 0 radical (unpaired) electrons. The molecule has 0 aromatic carbocycles. The Morgan fingerprint density at radius 1 is 1.41 bits per heavy atom. The minimum Gasteiger partial charge on any atom is -0.466 e. The number of rotatable bonds is 6. The first-order valence-corrected chi connectivity index (χ1v) is 9.50. The quantitative estimate of drug-likeness (QED) is 0.784. The third-order valence-corrected chi connectivity index (χ3v) is 4.78. The summed E-state index contributed by atoms with van der Waals surface area (Å²) in [5.41, 5.74) is 1.22. The second kappa shape index (κ2) is 8.37. The summed E-state index contributed by atoms with van der Waals surface area (Å²) in [6, 6.07) is 1.78. The van der Waals surface area contributed by atoms with Crippen LogP contribution < -0.4 is 0 Å². The van der Waals surface area contributed by atoms with Gasteiger partial charge in [-0.3, -0.25) is 14.7 Å². The van der Waals surface area contributed by atoms with Gasteiger partial charge in [0.1, 0.15) is 11.5 Å². The average molecular weight is 373 g/mol. The smallest absolute Gasteiger partial charge is 0.310 e. The summed E-state index contributed by atoms with van der Waals surface area (Å²) in [4.78, 5) is 30.8. The van der Waals surface area contributed by atoms with Gasteiger partial charge in [-0.1, -0.05) is 13.8 Å². The molecule has 1 saturated heterocycles. The van der Waals surface area contributed by atoms with Crippen molar-refractivity contribution < 1.29 is 14.3 Å². The summed E-state index contributed by atoms with van der Waals surface area (Å²) in [5, 5.41) is 7.13. The standard InChI is InChI=1S/C19H27N5O3/c1-4-27-19(26)14-6-5-8-24(11-14)18(25)16-10-15(21-22-16)12-23-9-7-20-17(23)13(2)3/h7,9-10,13-14H,4-6,8,11-12H2,1-3H3,(H,21,22)/t14-/m1/s1. The van der Waals surface area contributed by atoms with Crippen LogP contribution in [0.5, 0.6) is 0 Å². The van der Waals surface area contributed by atoms with Gasteiger partial charge >= 0.3 is 5.97 Å². The zero-order valence-electron chi connectivity index (χ0n) is 16.1. The number of likely N-dealkylation sites (tertiary alicyclic amines) is 1. The molecule has 1 fully saturated rings. The number of aromatic nitrogens is 4. The number of hydrogen-bond donors (Lipinski definition) is 1. The third-order valence-electron chi connectivity index (χ3n) is 4.78. The van der Waals surface area contributed by atoms with Crippen LogP contribution in [0.25, 0.3) is 0 Å². The number of piperidine rings is 1. The van der Waals surface area contributed by atoms with Gasteiger partial charge in [0, 0.05) is 31.4 Å². The zero-order chi connectivity index (χ0) is 19.4. The molecular formula is C19H27N5O3. The molecule has 2 aromatic heterocycles. The van der Waals surface area contributed by atoms with Crippen molar-refractivity contribution in [2.75, 3.05) is 19.7 Å². The molecule has 3 rings (SSSR count). The van der Waals surface area contributed by atoms with Gasteiger partial charge < -0.3 is 14.2 Å². The maximum Gasteiger partial charge on any atom is 0.310 e. The first kappa shape index (κ1) is 19.1. The van der Waals surface area contributed by atoms with E-state index in [-0.39, 0.29) is 17.8 Å². The van der Waals surface area contributed by atoms with Gasteiger partial charge in [0.15, 0.2) is 0 Å². The first-order valence-electron chi connectivity index (χ1n) is 9.50. The number of H-pyrrole nitrogens is 1. The predicted molar refractivity (Wildman–Crippen MR) is 99.3 cm³/mol. The molecule has 8 heteroatoms. The molecule has 1 aliphatic heterocycles. The van der Waals surface area contributed by atoms with Crippen LogP contribution >= 0.6 is 0 Å². The summed E-state index contributed by atoms with van der Waals surface area (Å²) in [7, 11) is 0. The van der Waals surface area contributed by atoms with Crippen molar-refractivity contribution in [1.29, 1.82) is 0 Å². The number of esters is 1. The number of aromatic amines is 1. The second-order valence-electron chi connectivity index (χ2n) is 7.19. The highest BCUT2D eigenvalue weighted by molar-refractivity contribution is 5.92. The van der Waals surface area contributed by atoms with E-state index < -0.39 is 0 Å². The molecular weight excluding hydrogens is 346 g/mol. The fraction of sp³-hybridized carbons (Fsp3) is 0.579. The fourth-order valence-electron chi connectivity index (χ4n) is 3.47. The Morgan fingerprint density at radius 3 is 2.96 bits per heavy atom. The molecule has 0 bridgehead atoms. The van der Waals surface area contributed by atoms with Gasteiger partial charge in [-0.15, -0.1) is 0 Å². The van der Waals surface area contributed by atoms with Crippen molar-refractivity contribution in [3.63, 3.8) is 0 Å². The van der Waals surface area contributed by atoms with Crippen LogP contribution in [0.15, 0.2) is 18.5 Å². The molecule has 27 heavy (non-hydrogen) atoms. The van der Waals surface area contributed by atoms with Crippen LogP contribution in [0.3, 0.4) is 0 Å². The van der Waals surface area contributed by atoms with Crippen LogP contribution in [0.2, 0.25) is 0 Å². The average Bonchev–Trinajstić information content (AvgIpc) is 3.31. The van der Waals surface area contributed by atoms with E-state index in [2.05, 4.69) is 29.0 Å². The lowest BCUT2D eigenvalue weighted by Gasteiger charge is -2.31. The van der Waals surface area contributed by atoms with Gasteiger partial charge in [-0.2, -0.15) is 5.10 Å². The first-order chi connectivity index (χ1) is 13.0. The van der Waals surface area contributed by atoms with Crippen molar-refractivity contribution >= 4 is 11.9 Å². The van der Waals surface area contributed by atoms with E-state index in [0.29, 0.717) is 37.9 Å². The Bertz CT molecular complexity index is 795. The molecule has 3 heterocycles. The Morgan fingerprint density at radius 2 is 2.22 bits per heavy atom. The van der Waals surface area contributed by atoms with E-state index in [1.807, 2.05) is 10.8 Å². The van der Waals surface area contributed by atoms with Gasteiger partial charge in [0.05, 0.1) is 24.8 Å². The van der Waals surface area contributed by atoms with E-state index >= 15 is 0 Å². The highest BCUT2D eigenvalue weighted by Gasteiger charge is 2.30. The molecule has 0 saturated carbocycles. The Balaban J connectivity index is 1.66. The summed E-state index contributed by atoms with van der Waals surface area (Å²) in [6.07, 6.45) is 5.25. The number of ether oxygens (including phenoxy) is 1. The highest BCUT2D eigenvalue weighted by Crippen LogP contribution is 2.20. The van der Waals surface area contributed by atoms with Crippen LogP contribution in [-0.2, 0) is 16.1 Å². The van der Waals surface area contributed by atoms with Crippen LogP contribution in [0, 0.1) is 5.92 Å². The summed E-state index contributed by atoms with van der Waals surface area (Å²) < 4.78 is 7.15. The summed E-state index contributed by atoms with van der Waals surface area (Å²) in [5.74, 6) is 0.684. The largest absolute Gasteiger partial charge is 0.466 e.